The Labute approximate surface area is 125 Å². The SMILES string of the molecule is CCCOc1cc(C)nc(NC(C)c2ccc(N)cc2)n1. The summed E-state index contributed by atoms with van der Waals surface area (Å²) >= 11 is 0. The van der Waals surface area contributed by atoms with E-state index in [-0.39, 0.29) is 6.04 Å². The van der Waals surface area contributed by atoms with Crippen LogP contribution >= 0.6 is 0 Å². The average Bonchev–Trinajstić information content (AvgIpc) is 2.45. The third-order valence-electron chi connectivity index (χ3n) is 3.07. The van der Waals surface area contributed by atoms with Gasteiger partial charge in [0.15, 0.2) is 0 Å². The zero-order valence-electron chi connectivity index (χ0n) is 12.8. The molecule has 0 aliphatic heterocycles. The molecule has 1 heterocycles. The van der Waals surface area contributed by atoms with Crippen molar-refractivity contribution in [2.45, 2.75) is 33.2 Å². The number of hydrogen-bond donors (Lipinski definition) is 2. The standard InChI is InChI=1S/C16H22N4O/c1-4-9-21-15-10-11(2)18-16(20-15)19-12(3)13-5-7-14(17)8-6-13/h5-8,10,12H,4,9,17H2,1-3H3,(H,18,19,20). The van der Waals surface area contributed by atoms with Crippen LogP contribution < -0.4 is 15.8 Å². The van der Waals surface area contributed by atoms with Gasteiger partial charge in [0.2, 0.25) is 11.8 Å². The number of nitrogen functional groups attached to an aromatic ring is 1. The number of rotatable bonds is 6. The molecule has 0 spiro atoms. The zero-order chi connectivity index (χ0) is 15.2. The number of ether oxygens (including phenoxy) is 1. The van der Waals surface area contributed by atoms with Gasteiger partial charge in [0, 0.05) is 17.4 Å². The first-order chi connectivity index (χ1) is 10.1. The van der Waals surface area contributed by atoms with Gasteiger partial charge in [-0.25, -0.2) is 4.98 Å². The van der Waals surface area contributed by atoms with Crippen molar-refractivity contribution in [1.82, 2.24) is 9.97 Å². The fraction of sp³-hybridized carbons (Fsp3) is 0.375. The van der Waals surface area contributed by atoms with Gasteiger partial charge in [-0.2, -0.15) is 4.98 Å². The summed E-state index contributed by atoms with van der Waals surface area (Å²) in [6, 6.07) is 9.70. The van der Waals surface area contributed by atoms with Crippen molar-refractivity contribution in [3.63, 3.8) is 0 Å². The molecule has 5 heteroatoms. The maximum atomic E-state index is 5.70. The van der Waals surface area contributed by atoms with Gasteiger partial charge in [0.25, 0.3) is 0 Å². The summed E-state index contributed by atoms with van der Waals surface area (Å²) in [6.45, 7) is 6.71. The molecule has 0 aliphatic rings. The van der Waals surface area contributed by atoms with Gasteiger partial charge in [-0.15, -0.1) is 0 Å². The van der Waals surface area contributed by atoms with Crippen molar-refractivity contribution in [1.29, 1.82) is 0 Å². The molecule has 2 aromatic rings. The number of nitrogens with zero attached hydrogens (tertiary/aromatic N) is 2. The van der Waals surface area contributed by atoms with Crippen molar-refractivity contribution in [3.05, 3.63) is 41.6 Å². The number of anilines is 2. The quantitative estimate of drug-likeness (QED) is 0.797. The summed E-state index contributed by atoms with van der Waals surface area (Å²) in [7, 11) is 0. The van der Waals surface area contributed by atoms with E-state index < -0.39 is 0 Å². The molecule has 112 valence electrons. The van der Waals surface area contributed by atoms with E-state index >= 15 is 0 Å². The molecule has 3 N–H and O–H groups in total. The molecule has 1 atom stereocenters. The Morgan fingerprint density at radius 1 is 1.24 bits per heavy atom. The maximum Gasteiger partial charge on any atom is 0.226 e. The van der Waals surface area contributed by atoms with E-state index in [0.29, 0.717) is 18.4 Å². The zero-order valence-corrected chi connectivity index (χ0v) is 12.8. The first kappa shape index (κ1) is 15.1. The third kappa shape index (κ3) is 4.34. The van der Waals surface area contributed by atoms with Crippen molar-refractivity contribution in [2.24, 2.45) is 0 Å². The number of aromatic nitrogens is 2. The molecule has 0 amide bonds. The largest absolute Gasteiger partial charge is 0.478 e. The average molecular weight is 286 g/mol. The predicted molar refractivity (Wildman–Crippen MR) is 85.4 cm³/mol. The van der Waals surface area contributed by atoms with Crippen LogP contribution in [0, 0.1) is 6.92 Å². The maximum absolute atomic E-state index is 5.70. The van der Waals surface area contributed by atoms with Crippen molar-refractivity contribution in [2.75, 3.05) is 17.7 Å². The third-order valence-corrected chi connectivity index (χ3v) is 3.07. The summed E-state index contributed by atoms with van der Waals surface area (Å²) in [6.07, 6.45) is 0.952. The molecule has 0 bridgehead atoms. The second-order valence-electron chi connectivity index (χ2n) is 5.05. The van der Waals surface area contributed by atoms with Gasteiger partial charge in [-0.05, 0) is 38.0 Å². The van der Waals surface area contributed by atoms with Gasteiger partial charge >= 0.3 is 0 Å². The summed E-state index contributed by atoms with van der Waals surface area (Å²) in [5, 5.41) is 3.29. The molecular formula is C16H22N4O. The molecule has 5 nitrogen and oxygen atoms in total. The van der Waals surface area contributed by atoms with E-state index in [9.17, 15) is 0 Å². The van der Waals surface area contributed by atoms with E-state index in [1.54, 1.807) is 0 Å². The van der Waals surface area contributed by atoms with E-state index in [1.165, 1.54) is 0 Å². The Hall–Kier alpha value is -2.30. The predicted octanol–water partition coefficient (Wildman–Crippen LogP) is 3.33. The van der Waals surface area contributed by atoms with Crippen molar-refractivity contribution >= 4 is 11.6 Å². The van der Waals surface area contributed by atoms with Crippen LogP contribution in [-0.4, -0.2) is 16.6 Å². The Kier molecular flexibility index (Phi) is 4.98. The molecule has 2 rings (SSSR count). The Morgan fingerprint density at radius 3 is 2.62 bits per heavy atom. The minimum absolute atomic E-state index is 0.0893. The number of hydrogen-bond acceptors (Lipinski definition) is 5. The van der Waals surface area contributed by atoms with Gasteiger partial charge < -0.3 is 15.8 Å². The fourth-order valence-corrected chi connectivity index (χ4v) is 1.95. The summed E-state index contributed by atoms with van der Waals surface area (Å²) < 4.78 is 5.57. The first-order valence-electron chi connectivity index (χ1n) is 7.19. The molecule has 0 fully saturated rings. The monoisotopic (exact) mass is 286 g/mol. The van der Waals surface area contributed by atoms with Crippen LogP contribution in [0.4, 0.5) is 11.6 Å². The molecule has 0 saturated heterocycles. The fourth-order valence-electron chi connectivity index (χ4n) is 1.95. The van der Waals surface area contributed by atoms with E-state index in [1.807, 2.05) is 37.3 Å². The molecule has 1 unspecified atom stereocenters. The number of nitrogens with two attached hydrogens (primary N) is 1. The lowest BCUT2D eigenvalue weighted by molar-refractivity contribution is 0.305. The highest BCUT2D eigenvalue weighted by atomic mass is 16.5. The number of benzene rings is 1. The van der Waals surface area contributed by atoms with Crippen LogP contribution in [0.3, 0.4) is 0 Å². The highest BCUT2D eigenvalue weighted by Crippen LogP contribution is 2.20. The van der Waals surface area contributed by atoms with Crippen molar-refractivity contribution < 1.29 is 4.74 Å². The lowest BCUT2D eigenvalue weighted by Crippen LogP contribution is -2.11. The number of nitrogens with one attached hydrogen (secondary N) is 1. The van der Waals surface area contributed by atoms with Gasteiger partial charge in [0.1, 0.15) is 0 Å². The second kappa shape index (κ2) is 6.92. The van der Waals surface area contributed by atoms with Crippen LogP contribution in [0.1, 0.15) is 37.6 Å². The van der Waals surface area contributed by atoms with Crippen LogP contribution in [0.25, 0.3) is 0 Å². The van der Waals surface area contributed by atoms with E-state index in [4.69, 9.17) is 10.5 Å². The highest BCUT2D eigenvalue weighted by Gasteiger charge is 2.09. The van der Waals surface area contributed by atoms with E-state index in [0.717, 1.165) is 23.4 Å². The van der Waals surface area contributed by atoms with Crippen LogP contribution in [-0.2, 0) is 0 Å². The van der Waals surface area contributed by atoms with Crippen LogP contribution in [0.5, 0.6) is 5.88 Å². The van der Waals surface area contributed by atoms with Crippen LogP contribution in [0.15, 0.2) is 30.3 Å². The summed E-state index contributed by atoms with van der Waals surface area (Å²) in [4.78, 5) is 8.78. The lowest BCUT2D eigenvalue weighted by atomic mass is 10.1. The second-order valence-corrected chi connectivity index (χ2v) is 5.05. The molecule has 0 aliphatic carbocycles. The summed E-state index contributed by atoms with van der Waals surface area (Å²) in [5.41, 5.74) is 8.47. The van der Waals surface area contributed by atoms with Gasteiger partial charge in [-0.1, -0.05) is 19.1 Å². The molecular weight excluding hydrogens is 264 g/mol. The molecule has 0 radical (unpaired) electrons. The summed E-state index contributed by atoms with van der Waals surface area (Å²) in [5.74, 6) is 1.18. The van der Waals surface area contributed by atoms with Gasteiger partial charge in [-0.3, -0.25) is 0 Å². The topological polar surface area (TPSA) is 73.1 Å². The first-order valence-corrected chi connectivity index (χ1v) is 7.19. The molecule has 0 saturated carbocycles. The lowest BCUT2D eigenvalue weighted by Gasteiger charge is -2.15. The minimum Gasteiger partial charge on any atom is -0.478 e. The smallest absolute Gasteiger partial charge is 0.226 e. The Balaban J connectivity index is 2.10. The van der Waals surface area contributed by atoms with Crippen molar-refractivity contribution in [3.8, 4) is 5.88 Å². The molecule has 1 aromatic carbocycles. The highest BCUT2D eigenvalue weighted by molar-refractivity contribution is 5.42. The van der Waals surface area contributed by atoms with E-state index in [2.05, 4.69) is 29.1 Å². The Bertz CT molecular complexity index is 583. The van der Waals surface area contributed by atoms with Crippen LogP contribution in [0.2, 0.25) is 0 Å². The molecule has 1 aromatic heterocycles. The molecule has 21 heavy (non-hydrogen) atoms. The Morgan fingerprint density at radius 2 is 1.95 bits per heavy atom. The minimum atomic E-state index is 0.0893. The normalized spacial score (nSPS) is 12.0. The number of aryl methyl sites for hydroxylation is 1. The van der Waals surface area contributed by atoms with Gasteiger partial charge in [0.05, 0.1) is 12.6 Å².